The minimum absolute atomic E-state index is 0.173. The lowest BCUT2D eigenvalue weighted by atomic mass is 10.1. The van der Waals surface area contributed by atoms with Crippen molar-refractivity contribution < 1.29 is 13.2 Å². The Morgan fingerprint density at radius 3 is 2.27 bits per heavy atom. The van der Waals surface area contributed by atoms with Gasteiger partial charge >= 0.3 is 0 Å². The largest absolute Gasteiger partial charge is 0.372 e. The zero-order valence-electron chi connectivity index (χ0n) is 17.8. The van der Waals surface area contributed by atoms with Crippen LogP contribution in [0.1, 0.15) is 43.4 Å². The summed E-state index contributed by atoms with van der Waals surface area (Å²) < 4.78 is 25.5. The fraction of sp³-hybridized carbons (Fsp3) is 0.435. The number of rotatable bonds is 8. The second kappa shape index (κ2) is 10.1. The van der Waals surface area contributed by atoms with E-state index >= 15 is 0 Å². The van der Waals surface area contributed by atoms with Gasteiger partial charge in [-0.1, -0.05) is 42.5 Å². The number of amides is 1. The van der Waals surface area contributed by atoms with Crippen LogP contribution >= 0.6 is 0 Å². The summed E-state index contributed by atoms with van der Waals surface area (Å²) in [6, 6.07) is 17.3. The molecule has 0 aromatic heterocycles. The van der Waals surface area contributed by atoms with Crippen LogP contribution in [0.4, 0.5) is 5.69 Å². The Labute approximate surface area is 179 Å². The molecule has 6 nitrogen and oxygen atoms in total. The van der Waals surface area contributed by atoms with E-state index in [2.05, 4.69) is 22.3 Å². The molecular weight excluding hydrogens is 398 g/mol. The molecule has 0 unspecified atom stereocenters. The standard InChI is InChI=1S/C23H31N3O3S/c1-19(21-11-13-22(14-12-21)25-15-7-4-8-16-25)24-23(27)18-26(30(2,28)29)17-20-9-5-3-6-10-20/h3,5-6,9-14,19H,4,7-8,15-18H2,1-2H3,(H,24,27)/t19-/m1/s1. The molecule has 30 heavy (non-hydrogen) atoms. The monoisotopic (exact) mass is 429 g/mol. The van der Waals surface area contributed by atoms with E-state index in [1.54, 1.807) is 0 Å². The average Bonchev–Trinajstić information content (AvgIpc) is 2.74. The molecule has 1 heterocycles. The van der Waals surface area contributed by atoms with E-state index in [0.717, 1.165) is 30.5 Å². The van der Waals surface area contributed by atoms with Gasteiger partial charge < -0.3 is 10.2 Å². The molecule has 2 aromatic rings. The van der Waals surface area contributed by atoms with Crippen LogP contribution < -0.4 is 10.2 Å². The molecule has 3 rings (SSSR count). The minimum Gasteiger partial charge on any atom is -0.372 e. The summed E-state index contributed by atoms with van der Waals surface area (Å²) in [5.41, 5.74) is 3.05. The minimum atomic E-state index is -3.51. The van der Waals surface area contributed by atoms with E-state index in [1.165, 1.54) is 29.3 Å². The first-order chi connectivity index (χ1) is 14.3. The third kappa shape index (κ3) is 6.31. The summed E-state index contributed by atoms with van der Waals surface area (Å²) in [5, 5.41) is 2.92. The summed E-state index contributed by atoms with van der Waals surface area (Å²) in [4.78, 5) is 15.0. The molecule has 0 spiro atoms. The highest BCUT2D eigenvalue weighted by Crippen LogP contribution is 2.22. The zero-order valence-corrected chi connectivity index (χ0v) is 18.6. The lowest BCUT2D eigenvalue weighted by Gasteiger charge is -2.29. The van der Waals surface area contributed by atoms with Gasteiger partial charge in [-0.15, -0.1) is 0 Å². The van der Waals surface area contributed by atoms with Crippen molar-refractivity contribution >= 4 is 21.6 Å². The van der Waals surface area contributed by atoms with E-state index in [0.29, 0.717) is 0 Å². The van der Waals surface area contributed by atoms with Gasteiger partial charge in [0.25, 0.3) is 0 Å². The SMILES string of the molecule is C[C@@H](NC(=O)CN(Cc1ccccc1)S(C)(=O)=O)c1ccc(N2CCCCC2)cc1. The van der Waals surface area contributed by atoms with Gasteiger partial charge in [0.15, 0.2) is 0 Å². The third-order valence-electron chi connectivity index (χ3n) is 5.48. The van der Waals surface area contributed by atoms with Crippen LogP contribution in [0.3, 0.4) is 0 Å². The van der Waals surface area contributed by atoms with Gasteiger partial charge in [0, 0.05) is 25.3 Å². The van der Waals surface area contributed by atoms with Crippen LogP contribution in [0.2, 0.25) is 0 Å². The second-order valence-corrected chi connectivity index (χ2v) is 9.93. The number of nitrogens with zero attached hydrogens (tertiary/aromatic N) is 2. The van der Waals surface area contributed by atoms with Crippen molar-refractivity contribution in [3.05, 3.63) is 65.7 Å². The van der Waals surface area contributed by atoms with Crippen molar-refractivity contribution in [1.29, 1.82) is 0 Å². The van der Waals surface area contributed by atoms with Crippen LogP contribution in [-0.2, 0) is 21.4 Å². The number of benzene rings is 2. The molecule has 1 N–H and O–H groups in total. The third-order valence-corrected chi connectivity index (χ3v) is 6.68. The lowest BCUT2D eigenvalue weighted by molar-refractivity contribution is -0.122. The first kappa shape index (κ1) is 22.3. The Bertz CT molecular complexity index is 924. The van der Waals surface area contributed by atoms with Crippen LogP contribution in [0, 0.1) is 0 Å². The molecule has 7 heteroatoms. The second-order valence-electron chi connectivity index (χ2n) is 7.95. The Balaban J connectivity index is 1.59. The highest BCUT2D eigenvalue weighted by molar-refractivity contribution is 7.88. The molecular formula is C23H31N3O3S. The molecule has 162 valence electrons. The molecule has 1 atom stereocenters. The predicted molar refractivity (Wildman–Crippen MR) is 121 cm³/mol. The summed E-state index contributed by atoms with van der Waals surface area (Å²) in [6.45, 7) is 4.06. The first-order valence-corrected chi connectivity index (χ1v) is 12.3. The molecule has 0 bridgehead atoms. The number of carbonyl (C=O) groups excluding carboxylic acids is 1. The van der Waals surface area contributed by atoms with Crippen LogP contribution in [-0.4, -0.2) is 44.5 Å². The summed E-state index contributed by atoms with van der Waals surface area (Å²) in [7, 11) is -3.51. The molecule has 1 saturated heterocycles. The maximum absolute atomic E-state index is 12.6. The zero-order chi connectivity index (χ0) is 21.6. The molecule has 0 saturated carbocycles. The Kier molecular flexibility index (Phi) is 7.50. The highest BCUT2D eigenvalue weighted by atomic mass is 32.2. The first-order valence-electron chi connectivity index (χ1n) is 10.5. The Hall–Kier alpha value is -2.38. The summed E-state index contributed by atoms with van der Waals surface area (Å²) in [6.07, 6.45) is 4.89. The number of hydrogen-bond donors (Lipinski definition) is 1. The maximum Gasteiger partial charge on any atom is 0.235 e. The predicted octanol–water partition coefficient (Wildman–Crippen LogP) is 3.32. The number of piperidine rings is 1. The molecule has 1 aliphatic rings. The molecule has 1 amide bonds. The smallest absolute Gasteiger partial charge is 0.235 e. The van der Waals surface area contributed by atoms with Crippen molar-refractivity contribution in [3.8, 4) is 0 Å². The number of sulfonamides is 1. The molecule has 0 radical (unpaired) electrons. The van der Waals surface area contributed by atoms with Gasteiger partial charge in [0.1, 0.15) is 0 Å². The van der Waals surface area contributed by atoms with Crippen LogP contribution in [0.5, 0.6) is 0 Å². The van der Waals surface area contributed by atoms with Gasteiger partial charge in [0.05, 0.1) is 18.8 Å². The van der Waals surface area contributed by atoms with Crippen LogP contribution in [0.15, 0.2) is 54.6 Å². The van der Waals surface area contributed by atoms with Crippen molar-refractivity contribution in [1.82, 2.24) is 9.62 Å². The lowest BCUT2D eigenvalue weighted by Crippen LogP contribution is -2.40. The number of hydrogen-bond acceptors (Lipinski definition) is 4. The van der Waals surface area contributed by atoms with Gasteiger partial charge in [0.2, 0.25) is 15.9 Å². The number of carbonyl (C=O) groups is 1. The highest BCUT2D eigenvalue weighted by Gasteiger charge is 2.21. The van der Waals surface area contributed by atoms with E-state index in [-0.39, 0.29) is 25.0 Å². The molecule has 0 aliphatic carbocycles. The normalized spacial score (nSPS) is 15.8. The van der Waals surface area contributed by atoms with Gasteiger partial charge in [-0.05, 0) is 49.4 Å². The van der Waals surface area contributed by atoms with Crippen molar-refractivity contribution in [2.24, 2.45) is 0 Å². The topological polar surface area (TPSA) is 69.7 Å². The van der Waals surface area contributed by atoms with E-state index in [1.807, 2.05) is 49.4 Å². The van der Waals surface area contributed by atoms with Gasteiger partial charge in [-0.3, -0.25) is 4.79 Å². The van der Waals surface area contributed by atoms with Gasteiger partial charge in [-0.25, -0.2) is 8.42 Å². The molecule has 1 aliphatic heterocycles. The van der Waals surface area contributed by atoms with Crippen molar-refractivity contribution in [3.63, 3.8) is 0 Å². The number of anilines is 1. The fourth-order valence-corrected chi connectivity index (χ4v) is 4.47. The Morgan fingerprint density at radius 1 is 1.03 bits per heavy atom. The summed E-state index contributed by atoms with van der Waals surface area (Å²) >= 11 is 0. The molecule has 2 aromatic carbocycles. The van der Waals surface area contributed by atoms with Gasteiger partial charge in [-0.2, -0.15) is 4.31 Å². The summed E-state index contributed by atoms with van der Waals surface area (Å²) in [5.74, 6) is -0.316. The van der Waals surface area contributed by atoms with E-state index in [9.17, 15) is 13.2 Å². The fourth-order valence-electron chi connectivity index (χ4n) is 3.73. The average molecular weight is 430 g/mol. The van der Waals surface area contributed by atoms with Crippen LogP contribution in [0.25, 0.3) is 0 Å². The van der Waals surface area contributed by atoms with Crippen molar-refractivity contribution in [2.75, 3.05) is 30.8 Å². The quantitative estimate of drug-likeness (QED) is 0.699. The van der Waals surface area contributed by atoms with E-state index < -0.39 is 10.0 Å². The van der Waals surface area contributed by atoms with Crippen molar-refractivity contribution in [2.45, 2.75) is 38.8 Å². The maximum atomic E-state index is 12.6. The molecule has 1 fully saturated rings. The van der Waals surface area contributed by atoms with E-state index in [4.69, 9.17) is 0 Å². The Morgan fingerprint density at radius 2 is 1.67 bits per heavy atom. The number of nitrogens with one attached hydrogen (secondary N) is 1.